The Kier molecular flexibility index (Phi) is 7.25. The van der Waals surface area contributed by atoms with Crippen LogP contribution in [-0.4, -0.2) is 35.9 Å². The SMILES string of the molecule is COc1ccc(S(=O)(=O)N[C@H](C)C(=O)NCc2ccc(S(N)(=O)=O)cc2)cc1Cl. The molecule has 1 atom stereocenters. The normalized spacial score (nSPS) is 13.0. The third kappa shape index (κ3) is 6.15. The van der Waals surface area contributed by atoms with E-state index in [2.05, 4.69) is 10.0 Å². The fourth-order valence-electron chi connectivity index (χ4n) is 2.31. The quantitative estimate of drug-likeness (QED) is 0.534. The molecule has 0 aliphatic heterocycles. The lowest BCUT2D eigenvalue weighted by Crippen LogP contribution is -2.44. The second-order valence-electron chi connectivity index (χ2n) is 6.05. The van der Waals surface area contributed by atoms with E-state index in [9.17, 15) is 21.6 Å². The Morgan fingerprint density at radius 1 is 1.10 bits per heavy atom. The van der Waals surface area contributed by atoms with Gasteiger partial charge in [0.25, 0.3) is 0 Å². The summed E-state index contributed by atoms with van der Waals surface area (Å²) in [5.41, 5.74) is 0.614. The van der Waals surface area contributed by atoms with Crippen LogP contribution in [0.4, 0.5) is 0 Å². The average molecular weight is 462 g/mol. The lowest BCUT2D eigenvalue weighted by Gasteiger charge is -2.15. The number of ether oxygens (including phenoxy) is 1. The average Bonchev–Trinajstić information content (AvgIpc) is 2.65. The molecule has 2 aromatic carbocycles. The second kappa shape index (κ2) is 9.09. The molecule has 0 saturated carbocycles. The van der Waals surface area contributed by atoms with E-state index < -0.39 is 32.0 Å². The monoisotopic (exact) mass is 461 g/mol. The van der Waals surface area contributed by atoms with Gasteiger partial charge in [-0.1, -0.05) is 23.7 Å². The molecule has 0 unspecified atom stereocenters. The van der Waals surface area contributed by atoms with Crippen LogP contribution in [-0.2, 0) is 31.4 Å². The standard InChI is InChI=1S/C17H20ClN3O6S2/c1-11(21-29(25,26)14-7-8-16(27-2)15(18)9-14)17(22)20-10-12-3-5-13(6-4-12)28(19,23)24/h3-9,11,21H,10H2,1-2H3,(H,20,22)(H2,19,23,24)/t11-/m1/s1. The van der Waals surface area contributed by atoms with Crippen LogP contribution in [0.25, 0.3) is 0 Å². The number of carbonyl (C=O) groups excluding carboxylic acids is 1. The maximum Gasteiger partial charge on any atom is 0.241 e. The Hall–Kier alpha value is -2.18. The molecule has 0 aliphatic carbocycles. The Morgan fingerprint density at radius 2 is 1.69 bits per heavy atom. The molecule has 2 rings (SSSR count). The molecule has 158 valence electrons. The number of halogens is 1. The lowest BCUT2D eigenvalue weighted by atomic mass is 10.2. The lowest BCUT2D eigenvalue weighted by molar-refractivity contribution is -0.122. The molecule has 0 spiro atoms. The molecule has 0 saturated heterocycles. The maximum atomic E-state index is 12.4. The van der Waals surface area contributed by atoms with Crippen LogP contribution in [0.3, 0.4) is 0 Å². The molecule has 0 aliphatic rings. The fraction of sp³-hybridized carbons (Fsp3) is 0.235. The van der Waals surface area contributed by atoms with E-state index >= 15 is 0 Å². The van der Waals surface area contributed by atoms with Gasteiger partial charge in [-0.25, -0.2) is 22.0 Å². The minimum absolute atomic E-state index is 0.0492. The molecule has 29 heavy (non-hydrogen) atoms. The maximum absolute atomic E-state index is 12.4. The number of amides is 1. The molecule has 0 heterocycles. The van der Waals surface area contributed by atoms with Gasteiger partial charge in [0.2, 0.25) is 26.0 Å². The summed E-state index contributed by atoms with van der Waals surface area (Å²) in [5, 5.41) is 7.71. The van der Waals surface area contributed by atoms with Crippen molar-refractivity contribution < 1.29 is 26.4 Å². The highest BCUT2D eigenvalue weighted by Crippen LogP contribution is 2.26. The van der Waals surface area contributed by atoms with Crippen LogP contribution >= 0.6 is 11.6 Å². The van der Waals surface area contributed by atoms with Crippen molar-refractivity contribution in [3.8, 4) is 5.75 Å². The van der Waals surface area contributed by atoms with Gasteiger partial charge in [-0.2, -0.15) is 4.72 Å². The van der Waals surface area contributed by atoms with Crippen molar-refractivity contribution in [1.29, 1.82) is 0 Å². The number of primary sulfonamides is 1. The highest BCUT2D eigenvalue weighted by Gasteiger charge is 2.23. The van der Waals surface area contributed by atoms with Gasteiger partial charge in [-0.05, 0) is 42.8 Å². The van der Waals surface area contributed by atoms with E-state index in [-0.39, 0.29) is 21.4 Å². The highest BCUT2D eigenvalue weighted by molar-refractivity contribution is 7.89. The molecule has 0 radical (unpaired) electrons. The summed E-state index contributed by atoms with van der Waals surface area (Å²) < 4.78 is 54.6. The van der Waals surface area contributed by atoms with Crippen molar-refractivity contribution in [3.05, 3.63) is 53.1 Å². The van der Waals surface area contributed by atoms with Gasteiger partial charge in [-0.15, -0.1) is 0 Å². The third-order valence-corrected chi connectivity index (χ3v) is 6.64. The van der Waals surface area contributed by atoms with Crippen LogP contribution < -0.4 is 19.9 Å². The van der Waals surface area contributed by atoms with Crippen LogP contribution in [0, 0.1) is 0 Å². The number of benzene rings is 2. The number of nitrogens with one attached hydrogen (secondary N) is 2. The molecular formula is C17H20ClN3O6S2. The van der Waals surface area contributed by atoms with Crippen LogP contribution in [0.1, 0.15) is 12.5 Å². The molecule has 0 fully saturated rings. The summed E-state index contributed by atoms with van der Waals surface area (Å²) in [5.74, 6) is -0.242. The number of carbonyl (C=O) groups is 1. The summed E-state index contributed by atoms with van der Waals surface area (Å²) in [6.07, 6.45) is 0. The Balaban J connectivity index is 2.00. The van der Waals surface area contributed by atoms with Gasteiger partial charge >= 0.3 is 0 Å². The van der Waals surface area contributed by atoms with E-state index in [0.717, 1.165) is 0 Å². The number of rotatable bonds is 8. The minimum atomic E-state index is -3.99. The first kappa shape index (κ1) is 23.1. The van der Waals surface area contributed by atoms with Gasteiger partial charge in [0.05, 0.1) is 28.0 Å². The molecule has 0 bridgehead atoms. The zero-order valence-electron chi connectivity index (χ0n) is 15.5. The van der Waals surface area contributed by atoms with Crippen molar-refractivity contribution in [3.63, 3.8) is 0 Å². The fourth-order valence-corrected chi connectivity index (χ4v) is 4.37. The summed E-state index contributed by atoms with van der Waals surface area (Å²) in [4.78, 5) is 12.1. The van der Waals surface area contributed by atoms with Crippen molar-refractivity contribution >= 4 is 37.6 Å². The molecule has 9 nitrogen and oxygen atoms in total. The summed E-state index contributed by atoms with van der Waals surface area (Å²) in [6.45, 7) is 1.46. The predicted octanol–water partition coefficient (Wildman–Crippen LogP) is 0.979. The molecule has 0 aromatic heterocycles. The molecular weight excluding hydrogens is 442 g/mol. The topological polar surface area (TPSA) is 145 Å². The van der Waals surface area contributed by atoms with Crippen molar-refractivity contribution in [2.24, 2.45) is 5.14 Å². The summed E-state index contributed by atoms with van der Waals surface area (Å²) in [6, 6.07) is 8.50. The molecule has 4 N–H and O–H groups in total. The number of sulfonamides is 2. The zero-order valence-corrected chi connectivity index (χ0v) is 17.9. The first-order chi connectivity index (χ1) is 13.4. The number of hydrogen-bond acceptors (Lipinski definition) is 6. The molecule has 1 amide bonds. The van der Waals surface area contributed by atoms with E-state index in [0.29, 0.717) is 11.3 Å². The third-order valence-electron chi connectivity index (χ3n) is 3.88. The first-order valence-electron chi connectivity index (χ1n) is 8.19. The molecule has 2 aromatic rings. The highest BCUT2D eigenvalue weighted by atomic mass is 35.5. The smallest absolute Gasteiger partial charge is 0.241 e. The number of methoxy groups -OCH3 is 1. The zero-order chi connectivity index (χ0) is 21.8. The van der Waals surface area contributed by atoms with Crippen LogP contribution in [0.15, 0.2) is 52.3 Å². The minimum Gasteiger partial charge on any atom is -0.495 e. The van der Waals surface area contributed by atoms with Gasteiger partial charge in [0.15, 0.2) is 0 Å². The summed E-state index contributed by atoms with van der Waals surface area (Å²) in [7, 11) is -6.38. The van der Waals surface area contributed by atoms with Crippen LogP contribution in [0.2, 0.25) is 5.02 Å². The number of nitrogens with two attached hydrogens (primary N) is 1. The van der Waals surface area contributed by atoms with Crippen molar-refractivity contribution in [1.82, 2.24) is 10.0 Å². The van der Waals surface area contributed by atoms with E-state index in [1.54, 1.807) is 0 Å². The van der Waals surface area contributed by atoms with E-state index in [1.165, 1.54) is 56.5 Å². The van der Waals surface area contributed by atoms with Crippen molar-refractivity contribution in [2.45, 2.75) is 29.3 Å². The predicted molar refractivity (Wildman–Crippen MR) is 107 cm³/mol. The summed E-state index contributed by atoms with van der Waals surface area (Å²) >= 11 is 5.95. The van der Waals surface area contributed by atoms with Gasteiger partial charge in [-0.3, -0.25) is 4.79 Å². The Morgan fingerprint density at radius 3 is 2.21 bits per heavy atom. The second-order valence-corrected chi connectivity index (χ2v) is 9.73. The van der Waals surface area contributed by atoms with E-state index in [1.807, 2.05) is 0 Å². The number of hydrogen-bond donors (Lipinski definition) is 3. The Bertz CT molecular complexity index is 1100. The largest absolute Gasteiger partial charge is 0.495 e. The first-order valence-corrected chi connectivity index (χ1v) is 11.6. The van der Waals surface area contributed by atoms with Gasteiger partial charge < -0.3 is 10.1 Å². The van der Waals surface area contributed by atoms with E-state index in [4.69, 9.17) is 21.5 Å². The van der Waals surface area contributed by atoms with Gasteiger partial charge in [0, 0.05) is 6.54 Å². The Labute approximate surface area is 174 Å². The van der Waals surface area contributed by atoms with Crippen molar-refractivity contribution in [2.75, 3.05) is 7.11 Å². The van der Waals surface area contributed by atoms with Gasteiger partial charge in [0.1, 0.15) is 5.75 Å². The molecule has 12 heteroatoms. The van der Waals surface area contributed by atoms with Crippen LogP contribution in [0.5, 0.6) is 5.75 Å².